The molecule has 0 saturated carbocycles. The second kappa shape index (κ2) is 48.6. The fourth-order valence-corrected chi connectivity index (χ4v) is 10.1. The molecule has 0 aromatic rings. The molecule has 0 bridgehead atoms. The van der Waals surface area contributed by atoms with Crippen LogP contribution in [0.1, 0.15) is 251 Å². The lowest BCUT2D eigenvalue weighted by Crippen LogP contribution is -2.65. The molecule has 2 aliphatic rings. The highest BCUT2D eigenvalue weighted by Gasteiger charge is 2.51. The van der Waals surface area contributed by atoms with E-state index in [4.69, 9.17) is 18.9 Å². The van der Waals surface area contributed by atoms with Crippen LogP contribution in [0.15, 0.2) is 48.6 Å². The van der Waals surface area contributed by atoms with Gasteiger partial charge in [0.1, 0.15) is 48.8 Å². The van der Waals surface area contributed by atoms with Crippen LogP contribution < -0.4 is 5.32 Å². The SMILES string of the molecule is CCCCCCCC/C=C/CC/C=C/CC/C=C/C(O)C(COC1OC(CO)C(OC2OC(CO)C(O)C(O)C2O)C(O)C1O)NC(=O)CCCCCCCCCCCCCCCCC/C=C\CCCCCCCCCC. The van der Waals surface area contributed by atoms with Gasteiger partial charge in [0.15, 0.2) is 12.6 Å². The van der Waals surface area contributed by atoms with Gasteiger partial charge in [-0.15, -0.1) is 0 Å². The van der Waals surface area contributed by atoms with Crippen LogP contribution in [0.4, 0.5) is 0 Å². The van der Waals surface area contributed by atoms with Gasteiger partial charge in [-0.3, -0.25) is 4.79 Å². The van der Waals surface area contributed by atoms with Crippen molar-refractivity contribution in [1.29, 1.82) is 0 Å². The molecule has 0 aromatic carbocycles. The third-order valence-electron chi connectivity index (χ3n) is 15.2. The predicted molar refractivity (Wildman–Crippen MR) is 309 cm³/mol. The predicted octanol–water partition coefficient (Wildman–Crippen LogP) is 11.2. The molecule has 2 heterocycles. The van der Waals surface area contributed by atoms with Gasteiger partial charge in [0.2, 0.25) is 5.91 Å². The maximum Gasteiger partial charge on any atom is 0.220 e. The van der Waals surface area contributed by atoms with E-state index in [0.717, 1.165) is 44.9 Å². The Kier molecular flexibility index (Phi) is 44.9. The summed E-state index contributed by atoms with van der Waals surface area (Å²) in [4.78, 5) is 13.3. The van der Waals surface area contributed by atoms with E-state index in [1.54, 1.807) is 6.08 Å². The standard InChI is InChI=1S/C63H115NO13/c1-3-5-7-9-11-13-15-17-19-21-22-23-24-25-26-27-28-29-30-31-33-35-37-39-41-43-45-47-55(68)64-51(52(67)46-44-42-40-38-36-34-32-20-18-16-14-12-10-8-6-4-2)50-74-62-60(73)58(71)61(54(49-66)76-62)77-63-59(72)57(70)56(69)53(48-65)75-63/h18,20-22,36,38,44,46,51-54,56-63,65-67,69-73H,3-17,19,23-35,37,39-43,45,47-50H2,1-2H3,(H,64,68)/b20-18+,22-21-,38-36+,46-44+. The largest absolute Gasteiger partial charge is 0.394 e. The quantitative estimate of drug-likeness (QED) is 0.0204. The molecule has 1 amide bonds. The molecule has 9 N–H and O–H groups in total. The lowest BCUT2D eigenvalue weighted by atomic mass is 9.97. The molecular weight excluding hydrogens is 979 g/mol. The van der Waals surface area contributed by atoms with E-state index in [0.29, 0.717) is 12.8 Å². The lowest BCUT2D eigenvalue weighted by Gasteiger charge is -2.46. The summed E-state index contributed by atoms with van der Waals surface area (Å²) in [5.41, 5.74) is 0. The molecule has 0 aromatic heterocycles. The van der Waals surface area contributed by atoms with E-state index in [1.165, 1.54) is 173 Å². The van der Waals surface area contributed by atoms with Crippen LogP contribution in [0.2, 0.25) is 0 Å². The molecule has 2 rings (SSSR count). The Bertz CT molecular complexity index is 1480. The Balaban J connectivity index is 1.72. The monoisotopic (exact) mass is 1090 g/mol. The summed E-state index contributed by atoms with van der Waals surface area (Å²) in [5, 5.41) is 87.1. The summed E-state index contributed by atoms with van der Waals surface area (Å²) in [6.45, 7) is 2.77. The van der Waals surface area contributed by atoms with Crippen molar-refractivity contribution in [2.45, 2.75) is 325 Å². The van der Waals surface area contributed by atoms with Crippen LogP contribution in [-0.4, -0.2) is 140 Å². The molecule has 0 radical (unpaired) electrons. The van der Waals surface area contributed by atoms with Gasteiger partial charge < -0.3 is 65.1 Å². The van der Waals surface area contributed by atoms with E-state index < -0.39 is 86.8 Å². The highest BCUT2D eigenvalue weighted by molar-refractivity contribution is 5.76. The van der Waals surface area contributed by atoms with Crippen LogP contribution >= 0.6 is 0 Å². The van der Waals surface area contributed by atoms with Crippen LogP contribution in [0.5, 0.6) is 0 Å². The van der Waals surface area contributed by atoms with Crippen molar-refractivity contribution in [3.8, 4) is 0 Å². The van der Waals surface area contributed by atoms with Crippen molar-refractivity contribution in [1.82, 2.24) is 5.32 Å². The van der Waals surface area contributed by atoms with E-state index in [-0.39, 0.29) is 18.9 Å². The van der Waals surface area contributed by atoms with Crippen molar-refractivity contribution < 1.29 is 64.6 Å². The maximum absolute atomic E-state index is 13.3. The van der Waals surface area contributed by atoms with E-state index in [1.807, 2.05) is 6.08 Å². The molecule has 2 saturated heterocycles. The number of amides is 1. The van der Waals surface area contributed by atoms with Crippen molar-refractivity contribution >= 4 is 5.91 Å². The zero-order valence-electron chi connectivity index (χ0n) is 48.5. The Hall–Kier alpha value is -2.05. The number of ether oxygens (including phenoxy) is 4. The number of rotatable bonds is 50. The Morgan fingerprint density at radius 2 is 0.831 bits per heavy atom. The molecule has 14 heteroatoms. The summed E-state index contributed by atoms with van der Waals surface area (Å²) in [6.07, 6.45) is 44.5. The van der Waals surface area contributed by atoms with E-state index in [2.05, 4.69) is 55.6 Å². The van der Waals surface area contributed by atoms with Crippen LogP contribution in [0.3, 0.4) is 0 Å². The van der Waals surface area contributed by atoms with Crippen LogP contribution in [0.25, 0.3) is 0 Å². The number of unbranched alkanes of at least 4 members (excludes halogenated alkanes) is 31. The van der Waals surface area contributed by atoms with Crippen LogP contribution in [-0.2, 0) is 23.7 Å². The Labute approximate surface area is 467 Å². The van der Waals surface area contributed by atoms with Gasteiger partial charge in [0.05, 0.1) is 32.0 Å². The summed E-state index contributed by atoms with van der Waals surface area (Å²) >= 11 is 0. The van der Waals surface area contributed by atoms with E-state index >= 15 is 0 Å². The molecule has 12 unspecified atom stereocenters. The number of aliphatic hydroxyl groups excluding tert-OH is 8. The molecular formula is C63H115NO13. The Morgan fingerprint density at radius 1 is 0.455 bits per heavy atom. The van der Waals surface area contributed by atoms with Gasteiger partial charge in [-0.05, 0) is 70.6 Å². The minimum atomic E-state index is -1.79. The minimum absolute atomic E-state index is 0.252. The summed E-state index contributed by atoms with van der Waals surface area (Å²) < 4.78 is 22.8. The first-order valence-corrected chi connectivity index (χ1v) is 31.4. The minimum Gasteiger partial charge on any atom is -0.394 e. The molecule has 12 atom stereocenters. The smallest absolute Gasteiger partial charge is 0.220 e. The molecule has 450 valence electrons. The third-order valence-corrected chi connectivity index (χ3v) is 15.2. The fourth-order valence-electron chi connectivity index (χ4n) is 10.1. The molecule has 2 fully saturated rings. The van der Waals surface area contributed by atoms with Gasteiger partial charge in [-0.25, -0.2) is 0 Å². The molecule has 0 spiro atoms. The molecule has 77 heavy (non-hydrogen) atoms. The number of hydrogen-bond donors (Lipinski definition) is 9. The molecule has 0 aliphatic carbocycles. The van der Waals surface area contributed by atoms with Crippen molar-refractivity contribution in [2.75, 3.05) is 19.8 Å². The zero-order valence-corrected chi connectivity index (χ0v) is 48.5. The number of carbonyl (C=O) groups excluding carboxylic acids is 1. The second-order valence-corrected chi connectivity index (χ2v) is 22.2. The van der Waals surface area contributed by atoms with Crippen molar-refractivity contribution in [2.24, 2.45) is 0 Å². The van der Waals surface area contributed by atoms with Crippen molar-refractivity contribution in [3.63, 3.8) is 0 Å². The number of nitrogens with one attached hydrogen (secondary N) is 1. The van der Waals surface area contributed by atoms with Crippen molar-refractivity contribution in [3.05, 3.63) is 48.6 Å². The topological polar surface area (TPSA) is 228 Å². The van der Waals surface area contributed by atoms with Crippen LogP contribution in [0, 0.1) is 0 Å². The van der Waals surface area contributed by atoms with E-state index in [9.17, 15) is 45.6 Å². The molecule has 2 aliphatic heterocycles. The maximum atomic E-state index is 13.3. The van der Waals surface area contributed by atoms with Gasteiger partial charge >= 0.3 is 0 Å². The highest BCUT2D eigenvalue weighted by Crippen LogP contribution is 2.30. The van der Waals surface area contributed by atoms with Gasteiger partial charge in [0, 0.05) is 6.42 Å². The van der Waals surface area contributed by atoms with Gasteiger partial charge in [-0.2, -0.15) is 0 Å². The Morgan fingerprint density at radius 3 is 1.27 bits per heavy atom. The first-order chi connectivity index (χ1) is 37.6. The number of carbonyl (C=O) groups is 1. The molecule has 14 nitrogen and oxygen atoms in total. The number of hydrogen-bond acceptors (Lipinski definition) is 13. The highest BCUT2D eigenvalue weighted by atomic mass is 16.7. The second-order valence-electron chi connectivity index (χ2n) is 22.2. The summed E-state index contributed by atoms with van der Waals surface area (Å²) in [5.74, 6) is -0.252. The fraction of sp³-hybridized carbons (Fsp3) is 0.857. The normalized spacial score (nSPS) is 25.0. The first-order valence-electron chi connectivity index (χ1n) is 31.4. The van der Waals surface area contributed by atoms with Gasteiger partial charge in [-0.1, -0.05) is 223 Å². The third kappa shape index (κ3) is 34.1. The first kappa shape index (κ1) is 71.1. The lowest BCUT2D eigenvalue weighted by molar-refractivity contribution is -0.359. The average molecular weight is 1090 g/mol. The number of allylic oxidation sites excluding steroid dienone is 7. The summed E-state index contributed by atoms with van der Waals surface area (Å²) in [6, 6.07) is -0.937. The number of aliphatic hydroxyl groups is 8. The zero-order chi connectivity index (χ0) is 56.0. The average Bonchev–Trinajstić information content (AvgIpc) is 3.44. The summed E-state index contributed by atoms with van der Waals surface area (Å²) in [7, 11) is 0. The van der Waals surface area contributed by atoms with Gasteiger partial charge in [0.25, 0.3) is 0 Å².